The summed E-state index contributed by atoms with van der Waals surface area (Å²) in [5.74, 6) is -0.0514. The summed E-state index contributed by atoms with van der Waals surface area (Å²) in [5.41, 5.74) is 3.60. The number of fused-ring (bicyclic) bond motifs is 4. The van der Waals surface area contributed by atoms with Gasteiger partial charge in [0, 0.05) is 35.6 Å². The van der Waals surface area contributed by atoms with E-state index in [0.29, 0.717) is 25.6 Å². The van der Waals surface area contributed by atoms with Gasteiger partial charge in [-0.1, -0.05) is 18.2 Å². The predicted octanol–water partition coefficient (Wildman–Crippen LogP) is 2.93. The number of aromatic nitrogens is 1. The van der Waals surface area contributed by atoms with Crippen LogP contribution < -0.4 is 0 Å². The molecule has 0 spiro atoms. The van der Waals surface area contributed by atoms with Crippen molar-refractivity contribution in [1.29, 1.82) is 0 Å². The molecule has 0 aliphatic carbocycles. The molecule has 3 amide bonds. The van der Waals surface area contributed by atoms with Crippen LogP contribution in [0.4, 0.5) is 4.79 Å². The van der Waals surface area contributed by atoms with Gasteiger partial charge in [0.05, 0.1) is 6.54 Å². The molecule has 2 aromatic rings. The maximum atomic E-state index is 12.5. The average Bonchev–Trinajstić information content (AvgIpc) is 2.98. The number of hydrogen-bond donors (Lipinski definition) is 0. The van der Waals surface area contributed by atoms with Crippen molar-refractivity contribution in [2.24, 2.45) is 0 Å². The normalized spacial score (nSPS) is 20.6. The molecule has 3 heterocycles. The van der Waals surface area contributed by atoms with E-state index in [9.17, 15) is 9.59 Å². The molecule has 5 heteroatoms. The van der Waals surface area contributed by atoms with E-state index in [4.69, 9.17) is 0 Å². The van der Waals surface area contributed by atoms with E-state index in [-0.39, 0.29) is 18.0 Å². The molecule has 0 saturated carbocycles. The Morgan fingerprint density at radius 3 is 2.65 bits per heavy atom. The molecular formula is C18H21N3O2. The SMILES string of the molecule is CCN1C(=O)C2Cc3c(n(C(C)C)c4ccccc34)CN2C1=O. The number of carbonyl (C=O) groups excluding carboxylic acids is 2. The van der Waals surface area contributed by atoms with E-state index in [2.05, 4.69) is 30.5 Å². The van der Waals surface area contributed by atoms with Crippen molar-refractivity contribution in [2.45, 2.75) is 45.8 Å². The summed E-state index contributed by atoms with van der Waals surface area (Å²) in [6, 6.07) is 8.18. The highest BCUT2D eigenvalue weighted by atomic mass is 16.2. The van der Waals surface area contributed by atoms with E-state index < -0.39 is 0 Å². The molecule has 0 bridgehead atoms. The number of para-hydroxylation sites is 1. The van der Waals surface area contributed by atoms with Gasteiger partial charge in [-0.2, -0.15) is 0 Å². The van der Waals surface area contributed by atoms with Crippen LogP contribution in [-0.2, 0) is 17.8 Å². The zero-order valence-corrected chi connectivity index (χ0v) is 13.7. The van der Waals surface area contributed by atoms with Gasteiger partial charge in [-0.3, -0.25) is 9.69 Å². The molecule has 1 aromatic carbocycles. The Morgan fingerprint density at radius 1 is 1.22 bits per heavy atom. The number of imide groups is 1. The van der Waals surface area contributed by atoms with Gasteiger partial charge in [-0.05, 0) is 32.4 Å². The number of carbonyl (C=O) groups is 2. The third-order valence-electron chi connectivity index (χ3n) is 5.08. The minimum Gasteiger partial charge on any atom is -0.340 e. The predicted molar refractivity (Wildman–Crippen MR) is 88.1 cm³/mol. The molecule has 0 radical (unpaired) electrons. The summed E-state index contributed by atoms with van der Waals surface area (Å²) in [6.45, 7) is 7.14. The number of amides is 3. The van der Waals surface area contributed by atoms with Crippen LogP contribution in [0.5, 0.6) is 0 Å². The molecule has 0 N–H and O–H groups in total. The van der Waals surface area contributed by atoms with Crippen molar-refractivity contribution >= 4 is 22.8 Å². The first-order valence-corrected chi connectivity index (χ1v) is 8.27. The first kappa shape index (κ1) is 14.3. The van der Waals surface area contributed by atoms with Crippen molar-refractivity contribution in [1.82, 2.24) is 14.4 Å². The maximum absolute atomic E-state index is 12.5. The van der Waals surface area contributed by atoms with Crippen LogP contribution in [0.1, 0.15) is 38.1 Å². The van der Waals surface area contributed by atoms with Crippen molar-refractivity contribution in [3.05, 3.63) is 35.5 Å². The van der Waals surface area contributed by atoms with E-state index in [1.54, 1.807) is 4.90 Å². The molecule has 5 nitrogen and oxygen atoms in total. The molecule has 2 aliphatic heterocycles. The van der Waals surface area contributed by atoms with Crippen LogP contribution in [0.2, 0.25) is 0 Å². The van der Waals surface area contributed by atoms with Gasteiger partial charge in [0.25, 0.3) is 5.91 Å². The number of nitrogens with zero attached hydrogens (tertiary/aromatic N) is 3. The molecule has 1 aromatic heterocycles. The minimum absolute atomic E-state index is 0.0514. The quantitative estimate of drug-likeness (QED) is 0.801. The lowest BCUT2D eigenvalue weighted by atomic mass is 9.97. The lowest BCUT2D eigenvalue weighted by Crippen LogP contribution is -2.40. The smallest absolute Gasteiger partial charge is 0.327 e. The molecule has 1 atom stereocenters. The fourth-order valence-electron chi connectivity index (χ4n) is 4.09. The Bertz CT molecular complexity index is 821. The zero-order chi connectivity index (χ0) is 16.3. The molecule has 1 unspecified atom stereocenters. The molecule has 23 heavy (non-hydrogen) atoms. The second-order valence-corrected chi connectivity index (χ2v) is 6.62. The van der Waals surface area contributed by atoms with E-state index in [1.807, 2.05) is 19.1 Å². The van der Waals surface area contributed by atoms with Gasteiger partial charge >= 0.3 is 6.03 Å². The largest absolute Gasteiger partial charge is 0.340 e. The summed E-state index contributed by atoms with van der Waals surface area (Å²) >= 11 is 0. The summed E-state index contributed by atoms with van der Waals surface area (Å²) < 4.78 is 2.31. The molecule has 1 saturated heterocycles. The zero-order valence-electron chi connectivity index (χ0n) is 13.7. The van der Waals surface area contributed by atoms with Crippen LogP contribution in [0.15, 0.2) is 24.3 Å². The highest BCUT2D eigenvalue weighted by Crippen LogP contribution is 2.37. The highest BCUT2D eigenvalue weighted by molar-refractivity contribution is 6.05. The molecule has 4 rings (SSSR count). The van der Waals surface area contributed by atoms with E-state index in [1.165, 1.54) is 27.1 Å². The lowest BCUT2D eigenvalue weighted by molar-refractivity contribution is -0.128. The first-order valence-electron chi connectivity index (χ1n) is 8.27. The number of urea groups is 1. The van der Waals surface area contributed by atoms with Gasteiger partial charge in [0.15, 0.2) is 0 Å². The summed E-state index contributed by atoms with van der Waals surface area (Å²) in [5, 5.41) is 1.21. The van der Waals surface area contributed by atoms with Gasteiger partial charge in [-0.25, -0.2) is 4.79 Å². The number of hydrogen-bond acceptors (Lipinski definition) is 2. The van der Waals surface area contributed by atoms with E-state index >= 15 is 0 Å². The van der Waals surface area contributed by atoms with Gasteiger partial charge in [-0.15, -0.1) is 0 Å². The average molecular weight is 311 g/mol. The third kappa shape index (κ3) is 1.79. The van der Waals surface area contributed by atoms with Crippen molar-refractivity contribution in [2.75, 3.05) is 6.54 Å². The second kappa shape index (κ2) is 4.85. The van der Waals surface area contributed by atoms with Crippen molar-refractivity contribution < 1.29 is 9.59 Å². The Hall–Kier alpha value is -2.30. The molecule has 2 aliphatic rings. The fraction of sp³-hybridized carbons (Fsp3) is 0.444. The van der Waals surface area contributed by atoms with Gasteiger partial charge in [0.1, 0.15) is 6.04 Å². The van der Waals surface area contributed by atoms with Crippen LogP contribution >= 0.6 is 0 Å². The van der Waals surface area contributed by atoms with Crippen LogP contribution in [0.3, 0.4) is 0 Å². The van der Waals surface area contributed by atoms with Crippen molar-refractivity contribution in [3.63, 3.8) is 0 Å². The third-order valence-corrected chi connectivity index (χ3v) is 5.08. The summed E-state index contributed by atoms with van der Waals surface area (Å²) in [4.78, 5) is 28.1. The standard InChI is InChI=1S/C18H21N3O2/c1-4-19-17(22)15-9-13-12-7-5-6-8-14(12)21(11(2)3)16(13)10-20(15)18(19)23/h5-8,11,15H,4,9-10H2,1-3H3. The summed E-state index contributed by atoms with van der Waals surface area (Å²) in [6.07, 6.45) is 0.622. The molecule has 1 fully saturated rings. The number of likely N-dealkylation sites (N-methyl/N-ethyl adjacent to an activating group) is 1. The Balaban J connectivity index is 1.90. The van der Waals surface area contributed by atoms with Gasteiger partial charge < -0.3 is 9.47 Å². The highest BCUT2D eigenvalue weighted by Gasteiger charge is 2.47. The fourth-order valence-corrected chi connectivity index (χ4v) is 4.09. The van der Waals surface area contributed by atoms with Crippen LogP contribution in [0, 0.1) is 0 Å². The maximum Gasteiger partial charge on any atom is 0.327 e. The minimum atomic E-state index is -0.332. The second-order valence-electron chi connectivity index (χ2n) is 6.62. The Morgan fingerprint density at radius 2 is 1.96 bits per heavy atom. The Labute approximate surface area is 135 Å². The number of rotatable bonds is 2. The molecular weight excluding hydrogens is 290 g/mol. The van der Waals surface area contributed by atoms with Crippen molar-refractivity contribution in [3.8, 4) is 0 Å². The monoisotopic (exact) mass is 311 g/mol. The first-order chi connectivity index (χ1) is 11.0. The van der Waals surface area contributed by atoms with Crippen LogP contribution in [0.25, 0.3) is 10.9 Å². The van der Waals surface area contributed by atoms with E-state index in [0.717, 1.165) is 0 Å². The lowest BCUT2D eigenvalue weighted by Gasteiger charge is -2.29. The molecule has 120 valence electrons. The van der Waals surface area contributed by atoms with Gasteiger partial charge in [0.2, 0.25) is 0 Å². The van der Waals surface area contributed by atoms with Crippen LogP contribution in [-0.4, -0.2) is 38.9 Å². The summed E-state index contributed by atoms with van der Waals surface area (Å²) in [7, 11) is 0. The topological polar surface area (TPSA) is 45.6 Å². The Kier molecular flexibility index (Phi) is 3.01. The number of benzene rings is 1.